The van der Waals surface area contributed by atoms with Crippen LogP contribution in [0.2, 0.25) is 0 Å². The van der Waals surface area contributed by atoms with Crippen LogP contribution in [0.4, 0.5) is 0 Å². The highest BCUT2D eigenvalue weighted by Gasteiger charge is 2.23. The van der Waals surface area contributed by atoms with E-state index in [2.05, 4.69) is 49.6 Å². The molecule has 0 aliphatic rings. The third-order valence-electron chi connectivity index (χ3n) is 2.61. The lowest BCUT2D eigenvalue weighted by molar-refractivity contribution is 0.0241. The zero-order valence-corrected chi connectivity index (χ0v) is 16.2. The maximum Gasteiger partial charge on any atom is 0.191 e. The van der Waals surface area contributed by atoms with Gasteiger partial charge in [0.25, 0.3) is 0 Å². The molecule has 0 saturated heterocycles. The molecule has 1 atom stereocenters. The lowest BCUT2D eigenvalue weighted by Crippen LogP contribution is -2.40. The number of methoxy groups -OCH3 is 1. The minimum absolute atomic E-state index is 0. The highest BCUT2D eigenvalue weighted by molar-refractivity contribution is 14.0. The average molecular weight is 403 g/mol. The van der Waals surface area contributed by atoms with Gasteiger partial charge in [0, 0.05) is 26.0 Å². The smallest absolute Gasteiger partial charge is 0.191 e. The summed E-state index contributed by atoms with van der Waals surface area (Å²) in [6, 6.07) is 0. The van der Waals surface area contributed by atoms with Gasteiger partial charge in [0.1, 0.15) is 0 Å². The summed E-state index contributed by atoms with van der Waals surface area (Å²) in [5, 5.41) is 6.56. The van der Waals surface area contributed by atoms with E-state index in [-0.39, 0.29) is 35.5 Å². The molecule has 0 aromatic heterocycles. The Labute approximate surface area is 139 Å². The molecule has 0 aliphatic heterocycles. The average Bonchev–Trinajstić information content (AvgIpc) is 2.28. The van der Waals surface area contributed by atoms with Crippen LogP contribution in [0.5, 0.6) is 0 Å². The third kappa shape index (κ3) is 10.7. The Morgan fingerprint density at radius 3 is 2.37 bits per heavy atom. The molecule has 0 bridgehead atoms. The van der Waals surface area contributed by atoms with Gasteiger partial charge >= 0.3 is 0 Å². The van der Waals surface area contributed by atoms with Crippen molar-refractivity contribution in [3.63, 3.8) is 0 Å². The second-order valence-electron chi connectivity index (χ2n) is 5.23. The van der Waals surface area contributed by atoms with E-state index in [9.17, 15) is 0 Å². The summed E-state index contributed by atoms with van der Waals surface area (Å²) in [5.74, 6) is 1.95. The van der Waals surface area contributed by atoms with Gasteiger partial charge in [-0.15, -0.1) is 24.0 Å². The van der Waals surface area contributed by atoms with Gasteiger partial charge in [0.05, 0.1) is 12.6 Å². The van der Waals surface area contributed by atoms with Crippen LogP contribution in [-0.4, -0.2) is 50.8 Å². The topological polar surface area (TPSA) is 45.7 Å². The highest BCUT2D eigenvalue weighted by Crippen LogP contribution is 2.21. The van der Waals surface area contributed by atoms with E-state index in [1.54, 1.807) is 7.11 Å². The maximum absolute atomic E-state index is 5.50. The van der Waals surface area contributed by atoms with Gasteiger partial charge in [-0.25, -0.2) is 0 Å². The molecule has 116 valence electrons. The van der Waals surface area contributed by atoms with Crippen LogP contribution in [0.15, 0.2) is 4.99 Å². The number of ether oxygens (including phenoxy) is 1. The van der Waals surface area contributed by atoms with E-state index < -0.39 is 0 Å². The minimum atomic E-state index is 0. The number of guanidine groups is 1. The Morgan fingerprint density at radius 1 is 1.32 bits per heavy atom. The number of aliphatic imine (C=N–C) groups is 1. The lowest BCUT2D eigenvalue weighted by Gasteiger charge is -2.28. The Balaban J connectivity index is 0. The van der Waals surface area contributed by atoms with Crippen LogP contribution in [0, 0.1) is 5.41 Å². The molecule has 4 nitrogen and oxygen atoms in total. The van der Waals surface area contributed by atoms with E-state index in [4.69, 9.17) is 4.74 Å². The summed E-state index contributed by atoms with van der Waals surface area (Å²) in [6.07, 6.45) is 2.24. The number of hydrogen-bond donors (Lipinski definition) is 2. The van der Waals surface area contributed by atoms with Crippen molar-refractivity contribution in [1.29, 1.82) is 0 Å². The van der Waals surface area contributed by atoms with Crippen LogP contribution in [0.25, 0.3) is 0 Å². The standard InChI is InChI=1S/C13H29N3OS.HI/c1-7-14-12(15-8-9-18-6)16-10-11(17-5)13(2,3)4;/h11H,7-10H2,1-6H3,(H2,14,15,16);1H. The Kier molecular flexibility index (Phi) is 13.7. The molecule has 0 fully saturated rings. The highest BCUT2D eigenvalue weighted by atomic mass is 127. The quantitative estimate of drug-likeness (QED) is 0.297. The Bertz CT molecular complexity index is 245. The van der Waals surface area contributed by atoms with E-state index >= 15 is 0 Å². The SMILES string of the molecule is CCNC(=NCC(OC)C(C)(C)C)NCCSC.I. The Hall–Kier alpha value is 0.310. The van der Waals surface area contributed by atoms with Crippen LogP contribution in [0.1, 0.15) is 27.7 Å². The number of nitrogens with one attached hydrogen (secondary N) is 2. The maximum atomic E-state index is 5.50. The molecular weight excluding hydrogens is 373 g/mol. The molecule has 1 unspecified atom stereocenters. The van der Waals surface area contributed by atoms with Crippen LogP contribution in [0.3, 0.4) is 0 Å². The second kappa shape index (κ2) is 12.1. The summed E-state index contributed by atoms with van der Waals surface area (Å²) >= 11 is 1.82. The fourth-order valence-electron chi connectivity index (χ4n) is 1.49. The van der Waals surface area contributed by atoms with Crippen molar-refractivity contribution in [3.05, 3.63) is 0 Å². The first kappa shape index (κ1) is 21.6. The molecule has 0 rings (SSSR count). The molecule has 0 aromatic carbocycles. The molecule has 2 N–H and O–H groups in total. The van der Waals surface area contributed by atoms with Crippen molar-refractivity contribution in [2.45, 2.75) is 33.8 Å². The molecule has 19 heavy (non-hydrogen) atoms. The van der Waals surface area contributed by atoms with Crippen LogP contribution in [-0.2, 0) is 4.74 Å². The summed E-state index contributed by atoms with van der Waals surface area (Å²) in [7, 11) is 1.75. The molecule has 0 heterocycles. The van der Waals surface area contributed by atoms with Crippen molar-refractivity contribution in [2.24, 2.45) is 10.4 Å². The fourth-order valence-corrected chi connectivity index (χ4v) is 1.80. The molecule has 0 saturated carbocycles. The number of hydrogen-bond acceptors (Lipinski definition) is 3. The first-order valence-corrected chi connectivity index (χ1v) is 7.89. The van der Waals surface area contributed by atoms with E-state index in [1.165, 1.54) is 0 Å². The molecule has 6 heteroatoms. The largest absolute Gasteiger partial charge is 0.379 e. The van der Waals surface area contributed by atoms with Gasteiger partial charge in [0.2, 0.25) is 0 Å². The number of nitrogens with zero attached hydrogens (tertiary/aromatic N) is 1. The summed E-state index contributed by atoms with van der Waals surface area (Å²) in [4.78, 5) is 4.58. The minimum Gasteiger partial charge on any atom is -0.379 e. The van der Waals surface area contributed by atoms with E-state index in [1.807, 2.05) is 11.8 Å². The molecule has 0 aromatic rings. The number of thioether (sulfide) groups is 1. The summed E-state index contributed by atoms with van der Waals surface area (Å²) in [5.41, 5.74) is 0.106. The fraction of sp³-hybridized carbons (Fsp3) is 0.923. The normalized spacial score (nSPS) is 13.7. The van der Waals surface area contributed by atoms with Gasteiger partial charge in [-0.2, -0.15) is 11.8 Å². The van der Waals surface area contributed by atoms with Crippen molar-refractivity contribution >= 4 is 41.7 Å². The molecule has 0 spiro atoms. The molecule has 0 amide bonds. The zero-order valence-electron chi connectivity index (χ0n) is 13.1. The van der Waals surface area contributed by atoms with E-state index in [0.717, 1.165) is 24.8 Å². The van der Waals surface area contributed by atoms with Crippen molar-refractivity contribution in [1.82, 2.24) is 10.6 Å². The molecule has 0 radical (unpaired) electrons. The first-order chi connectivity index (χ1) is 8.45. The van der Waals surface area contributed by atoms with Gasteiger partial charge in [0.15, 0.2) is 5.96 Å². The first-order valence-electron chi connectivity index (χ1n) is 6.49. The van der Waals surface area contributed by atoms with E-state index in [0.29, 0.717) is 6.54 Å². The van der Waals surface area contributed by atoms with Gasteiger partial charge in [-0.05, 0) is 18.6 Å². The lowest BCUT2D eigenvalue weighted by atomic mass is 9.89. The monoisotopic (exact) mass is 403 g/mol. The van der Waals surface area contributed by atoms with Crippen molar-refractivity contribution in [2.75, 3.05) is 38.8 Å². The van der Waals surface area contributed by atoms with Gasteiger partial charge in [-0.3, -0.25) is 4.99 Å². The van der Waals surface area contributed by atoms with Gasteiger partial charge < -0.3 is 15.4 Å². The third-order valence-corrected chi connectivity index (χ3v) is 3.22. The Morgan fingerprint density at radius 2 is 1.95 bits per heavy atom. The number of halogens is 1. The predicted octanol–water partition coefficient (Wildman–Crippen LogP) is 2.58. The van der Waals surface area contributed by atoms with Crippen LogP contribution < -0.4 is 10.6 Å². The summed E-state index contributed by atoms with van der Waals surface area (Å²) in [6.45, 7) is 11.1. The second-order valence-corrected chi connectivity index (χ2v) is 6.22. The van der Waals surface area contributed by atoms with Crippen LogP contribution >= 0.6 is 35.7 Å². The molecular formula is C13H30IN3OS. The summed E-state index contributed by atoms with van der Waals surface area (Å²) < 4.78 is 5.50. The number of rotatable bonds is 7. The predicted molar refractivity (Wildman–Crippen MR) is 98.0 cm³/mol. The van der Waals surface area contributed by atoms with Gasteiger partial charge in [-0.1, -0.05) is 20.8 Å². The van der Waals surface area contributed by atoms with Crippen molar-refractivity contribution in [3.8, 4) is 0 Å². The molecule has 0 aliphatic carbocycles. The zero-order chi connectivity index (χ0) is 14.0. The van der Waals surface area contributed by atoms with Crippen molar-refractivity contribution < 1.29 is 4.74 Å².